The molecule has 0 heterocycles. The highest BCUT2D eigenvalue weighted by atomic mass is 16.5. The van der Waals surface area contributed by atoms with Crippen LogP contribution in [0.15, 0.2) is 0 Å². The summed E-state index contributed by atoms with van der Waals surface area (Å²) in [6, 6.07) is 0. The molecule has 0 bridgehead atoms. The summed E-state index contributed by atoms with van der Waals surface area (Å²) in [6.45, 7) is 12.3. The average molecular weight is 258 g/mol. The fourth-order valence-electron chi connectivity index (χ4n) is 1.38. The smallest absolute Gasteiger partial charge is 0.234 e. The summed E-state index contributed by atoms with van der Waals surface area (Å²) < 4.78 is 5.44. The van der Waals surface area contributed by atoms with Gasteiger partial charge in [0.15, 0.2) is 0 Å². The van der Waals surface area contributed by atoms with Gasteiger partial charge in [-0.3, -0.25) is 4.79 Å². The maximum atomic E-state index is 11.6. The van der Waals surface area contributed by atoms with Crippen LogP contribution in [-0.2, 0) is 9.53 Å². The number of unbranched alkanes of at least 4 members (excludes halogenated alkanes) is 1. The third-order valence-corrected chi connectivity index (χ3v) is 2.85. The van der Waals surface area contributed by atoms with E-state index in [0.29, 0.717) is 12.6 Å². The SMILES string of the molecule is CCC(C)(C)NC(=O)CNCCCCOC(C)C. The maximum absolute atomic E-state index is 11.6. The first-order valence-electron chi connectivity index (χ1n) is 7.00. The lowest BCUT2D eigenvalue weighted by Gasteiger charge is -2.24. The number of rotatable bonds is 10. The lowest BCUT2D eigenvalue weighted by atomic mass is 10.0. The molecule has 0 saturated heterocycles. The van der Waals surface area contributed by atoms with Crippen molar-refractivity contribution in [3.63, 3.8) is 0 Å². The van der Waals surface area contributed by atoms with Gasteiger partial charge in [-0.2, -0.15) is 0 Å². The molecule has 0 saturated carbocycles. The van der Waals surface area contributed by atoms with Gasteiger partial charge in [0.05, 0.1) is 12.6 Å². The third kappa shape index (κ3) is 10.5. The van der Waals surface area contributed by atoms with Crippen LogP contribution in [0.25, 0.3) is 0 Å². The molecule has 4 heteroatoms. The number of carbonyl (C=O) groups excluding carboxylic acids is 1. The zero-order chi connectivity index (χ0) is 14.0. The quantitative estimate of drug-likeness (QED) is 0.590. The molecule has 0 fully saturated rings. The number of hydrogen-bond acceptors (Lipinski definition) is 3. The van der Waals surface area contributed by atoms with Crippen molar-refractivity contribution in [2.24, 2.45) is 0 Å². The lowest BCUT2D eigenvalue weighted by molar-refractivity contribution is -0.121. The van der Waals surface area contributed by atoms with E-state index < -0.39 is 0 Å². The van der Waals surface area contributed by atoms with E-state index in [2.05, 4.69) is 17.6 Å². The van der Waals surface area contributed by atoms with Crippen LogP contribution < -0.4 is 10.6 Å². The molecule has 4 nitrogen and oxygen atoms in total. The van der Waals surface area contributed by atoms with Crippen molar-refractivity contribution in [1.82, 2.24) is 10.6 Å². The Hall–Kier alpha value is -0.610. The zero-order valence-corrected chi connectivity index (χ0v) is 12.6. The first-order valence-corrected chi connectivity index (χ1v) is 7.00. The molecule has 18 heavy (non-hydrogen) atoms. The molecule has 0 aromatic heterocycles. The Bertz CT molecular complexity index is 228. The Morgan fingerprint density at radius 3 is 2.50 bits per heavy atom. The molecule has 0 aliphatic heterocycles. The van der Waals surface area contributed by atoms with Gasteiger partial charge in [-0.15, -0.1) is 0 Å². The molecule has 108 valence electrons. The largest absolute Gasteiger partial charge is 0.379 e. The highest BCUT2D eigenvalue weighted by Crippen LogP contribution is 2.05. The minimum atomic E-state index is -0.107. The van der Waals surface area contributed by atoms with Crippen LogP contribution in [0.4, 0.5) is 0 Å². The second kappa shape index (κ2) is 9.34. The van der Waals surface area contributed by atoms with Crippen LogP contribution in [0.3, 0.4) is 0 Å². The van der Waals surface area contributed by atoms with Crippen LogP contribution in [-0.4, -0.2) is 37.2 Å². The van der Waals surface area contributed by atoms with Gasteiger partial charge in [0.25, 0.3) is 0 Å². The highest BCUT2D eigenvalue weighted by Gasteiger charge is 2.16. The van der Waals surface area contributed by atoms with E-state index in [0.717, 1.165) is 32.4 Å². The average Bonchev–Trinajstić information content (AvgIpc) is 2.26. The molecule has 0 rings (SSSR count). The van der Waals surface area contributed by atoms with Gasteiger partial charge in [0.2, 0.25) is 5.91 Å². The molecular weight excluding hydrogens is 228 g/mol. The Labute approximate surface area is 112 Å². The Kier molecular flexibility index (Phi) is 9.02. The van der Waals surface area contributed by atoms with Gasteiger partial charge in [0, 0.05) is 12.1 Å². The van der Waals surface area contributed by atoms with Gasteiger partial charge < -0.3 is 15.4 Å². The summed E-state index contributed by atoms with van der Waals surface area (Å²) in [4.78, 5) is 11.6. The van der Waals surface area contributed by atoms with Crippen LogP contribution in [0.1, 0.15) is 53.9 Å². The van der Waals surface area contributed by atoms with Gasteiger partial charge in [-0.1, -0.05) is 6.92 Å². The molecule has 0 radical (unpaired) electrons. The summed E-state index contributed by atoms with van der Waals surface area (Å²) in [5.74, 6) is 0.0697. The van der Waals surface area contributed by atoms with Gasteiger partial charge >= 0.3 is 0 Å². The predicted molar refractivity (Wildman–Crippen MR) is 75.7 cm³/mol. The van der Waals surface area contributed by atoms with Gasteiger partial charge in [-0.25, -0.2) is 0 Å². The number of hydrogen-bond donors (Lipinski definition) is 2. The van der Waals surface area contributed by atoms with Crippen molar-refractivity contribution in [3.05, 3.63) is 0 Å². The molecule has 0 aromatic rings. The van der Waals surface area contributed by atoms with Crippen molar-refractivity contribution in [2.75, 3.05) is 19.7 Å². The number of ether oxygens (including phenoxy) is 1. The first-order chi connectivity index (χ1) is 8.37. The molecule has 0 atom stereocenters. The topological polar surface area (TPSA) is 50.4 Å². The van der Waals surface area contributed by atoms with Crippen molar-refractivity contribution >= 4 is 5.91 Å². The molecule has 0 unspecified atom stereocenters. The van der Waals surface area contributed by atoms with Gasteiger partial charge in [-0.05, 0) is 53.5 Å². The molecule has 0 aliphatic rings. The van der Waals surface area contributed by atoms with E-state index >= 15 is 0 Å². The van der Waals surface area contributed by atoms with E-state index in [9.17, 15) is 4.79 Å². The Morgan fingerprint density at radius 2 is 1.94 bits per heavy atom. The van der Waals surface area contributed by atoms with Crippen molar-refractivity contribution in [2.45, 2.75) is 65.5 Å². The molecule has 0 aromatic carbocycles. The first kappa shape index (κ1) is 17.4. The fraction of sp³-hybridized carbons (Fsp3) is 0.929. The Balaban J connectivity index is 3.41. The van der Waals surface area contributed by atoms with E-state index in [-0.39, 0.29) is 11.4 Å². The summed E-state index contributed by atoms with van der Waals surface area (Å²) in [5, 5.41) is 6.15. The second-order valence-electron chi connectivity index (χ2n) is 5.59. The highest BCUT2D eigenvalue weighted by molar-refractivity contribution is 5.78. The minimum Gasteiger partial charge on any atom is -0.379 e. The molecule has 2 N–H and O–H groups in total. The summed E-state index contributed by atoms with van der Waals surface area (Å²) in [6.07, 6.45) is 3.32. The zero-order valence-electron chi connectivity index (χ0n) is 12.6. The Morgan fingerprint density at radius 1 is 1.28 bits per heavy atom. The van der Waals surface area contributed by atoms with Crippen LogP contribution in [0, 0.1) is 0 Å². The summed E-state index contributed by atoms with van der Waals surface area (Å²) in [5.41, 5.74) is -0.107. The van der Waals surface area contributed by atoms with E-state index in [1.54, 1.807) is 0 Å². The van der Waals surface area contributed by atoms with Crippen LogP contribution >= 0.6 is 0 Å². The van der Waals surface area contributed by atoms with Gasteiger partial charge in [0.1, 0.15) is 0 Å². The monoisotopic (exact) mass is 258 g/mol. The van der Waals surface area contributed by atoms with Crippen LogP contribution in [0.2, 0.25) is 0 Å². The van der Waals surface area contributed by atoms with E-state index in [4.69, 9.17) is 4.74 Å². The number of amides is 1. The number of carbonyl (C=O) groups is 1. The van der Waals surface area contributed by atoms with E-state index in [1.807, 2.05) is 27.7 Å². The fourth-order valence-corrected chi connectivity index (χ4v) is 1.38. The van der Waals surface area contributed by atoms with Crippen molar-refractivity contribution in [3.8, 4) is 0 Å². The summed E-state index contributed by atoms with van der Waals surface area (Å²) >= 11 is 0. The standard InChI is InChI=1S/C14H30N2O2/c1-6-14(4,5)16-13(17)11-15-9-7-8-10-18-12(2)3/h12,15H,6-11H2,1-5H3,(H,16,17). The molecular formula is C14H30N2O2. The normalized spacial score (nSPS) is 11.9. The molecule has 1 amide bonds. The molecule has 0 aliphatic carbocycles. The maximum Gasteiger partial charge on any atom is 0.234 e. The second-order valence-corrected chi connectivity index (χ2v) is 5.59. The summed E-state index contributed by atoms with van der Waals surface area (Å²) in [7, 11) is 0. The van der Waals surface area contributed by atoms with E-state index in [1.165, 1.54) is 0 Å². The number of nitrogens with one attached hydrogen (secondary N) is 2. The minimum absolute atomic E-state index is 0.0697. The van der Waals surface area contributed by atoms with Crippen molar-refractivity contribution < 1.29 is 9.53 Å². The predicted octanol–water partition coefficient (Wildman–Crippen LogP) is 2.09. The molecule has 0 spiro atoms. The lowest BCUT2D eigenvalue weighted by Crippen LogP contribution is -2.46. The third-order valence-electron chi connectivity index (χ3n) is 2.85. The van der Waals surface area contributed by atoms with Crippen molar-refractivity contribution in [1.29, 1.82) is 0 Å². The van der Waals surface area contributed by atoms with Crippen LogP contribution in [0.5, 0.6) is 0 Å².